The number of carbonyl (C=O) groups excluding carboxylic acids is 1. The van der Waals surface area contributed by atoms with E-state index in [1.54, 1.807) is 6.07 Å². The van der Waals surface area contributed by atoms with E-state index in [4.69, 9.17) is 4.74 Å². The van der Waals surface area contributed by atoms with Crippen LogP contribution in [0.15, 0.2) is 16.6 Å². The van der Waals surface area contributed by atoms with E-state index in [2.05, 4.69) is 15.9 Å². The van der Waals surface area contributed by atoms with Crippen molar-refractivity contribution in [2.24, 2.45) is 0 Å². The first-order valence-corrected chi connectivity index (χ1v) is 4.86. The molecular weight excluding hydrogens is 251 g/mol. The zero-order valence-electron chi connectivity index (χ0n) is 7.93. The van der Waals surface area contributed by atoms with Crippen molar-refractivity contribution in [1.82, 2.24) is 0 Å². The highest BCUT2D eigenvalue weighted by Crippen LogP contribution is 2.27. The molecule has 0 N–H and O–H groups in total. The molecule has 0 heterocycles. The Morgan fingerprint density at radius 3 is 2.71 bits per heavy atom. The average Bonchev–Trinajstić information content (AvgIpc) is 2.12. The zero-order chi connectivity index (χ0) is 10.7. The lowest BCUT2D eigenvalue weighted by Crippen LogP contribution is -2.02. The Hall–Kier alpha value is -0.900. The second-order valence-electron chi connectivity index (χ2n) is 2.92. The van der Waals surface area contributed by atoms with Crippen LogP contribution in [0.1, 0.15) is 12.5 Å². The minimum absolute atomic E-state index is 0.0730. The maximum Gasteiger partial charge on any atom is 0.169 e. The number of hydrogen-bond donors (Lipinski definition) is 0. The lowest BCUT2D eigenvalue weighted by molar-refractivity contribution is -0.116. The van der Waals surface area contributed by atoms with Crippen LogP contribution in [0.5, 0.6) is 5.75 Å². The summed E-state index contributed by atoms with van der Waals surface area (Å²) in [5.74, 6) is -0.403. The Labute approximate surface area is 90.2 Å². The highest BCUT2D eigenvalue weighted by molar-refractivity contribution is 9.10. The lowest BCUT2D eigenvalue weighted by Gasteiger charge is -2.08. The second-order valence-corrected chi connectivity index (χ2v) is 3.78. The van der Waals surface area contributed by atoms with Gasteiger partial charge in [0.25, 0.3) is 0 Å². The van der Waals surface area contributed by atoms with E-state index in [-0.39, 0.29) is 18.0 Å². The van der Waals surface area contributed by atoms with E-state index in [0.717, 1.165) is 0 Å². The summed E-state index contributed by atoms with van der Waals surface area (Å²) in [4.78, 5) is 10.9. The molecule has 14 heavy (non-hydrogen) atoms. The number of benzene rings is 1. The molecule has 0 saturated heterocycles. The first-order chi connectivity index (χ1) is 6.56. The van der Waals surface area contributed by atoms with Crippen LogP contribution in [0.4, 0.5) is 4.39 Å². The number of Topliss-reactive ketones (excluding diaryl/α,β-unsaturated/α-hetero) is 1. The predicted octanol–water partition coefficient (Wildman–Crippen LogP) is 2.73. The molecule has 0 aliphatic carbocycles. The molecule has 0 spiro atoms. The molecule has 2 nitrogen and oxygen atoms in total. The highest BCUT2D eigenvalue weighted by Gasteiger charge is 2.13. The monoisotopic (exact) mass is 260 g/mol. The molecule has 0 unspecified atom stereocenters. The number of carbonyl (C=O) groups is 1. The summed E-state index contributed by atoms with van der Waals surface area (Å²) in [5, 5.41) is 0. The van der Waals surface area contributed by atoms with Crippen molar-refractivity contribution in [3.63, 3.8) is 0 Å². The Morgan fingerprint density at radius 2 is 2.21 bits per heavy atom. The molecule has 0 amide bonds. The Morgan fingerprint density at radius 1 is 1.57 bits per heavy atom. The molecule has 0 atom stereocenters. The van der Waals surface area contributed by atoms with Gasteiger partial charge < -0.3 is 4.74 Å². The Kier molecular flexibility index (Phi) is 3.63. The third-order valence-corrected chi connectivity index (χ3v) is 2.54. The fourth-order valence-electron chi connectivity index (χ4n) is 1.14. The zero-order valence-corrected chi connectivity index (χ0v) is 9.52. The fraction of sp³-hybridized carbons (Fsp3) is 0.300. The summed E-state index contributed by atoms with van der Waals surface area (Å²) < 4.78 is 19.0. The van der Waals surface area contributed by atoms with Crippen molar-refractivity contribution in [2.45, 2.75) is 13.3 Å². The number of halogens is 2. The van der Waals surface area contributed by atoms with Crippen LogP contribution >= 0.6 is 15.9 Å². The van der Waals surface area contributed by atoms with Gasteiger partial charge in [-0.25, -0.2) is 4.39 Å². The SMILES string of the molecule is COc1ccc(Br)c(CC(C)=O)c1F. The van der Waals surface area contributed by atoms with E-state index < -0.39 is 5.82 Å². The summed E-state index contributed by atoms with van der Waals surface area (Å²) in [6.45, 7) is 1.42. The quantitative estimate of drug-likeness (QED) is 0.836. The number of ketones is 1. The van der Waals surface area contributed by atoms with Crippen LogP contribution in [0.3, 0.4) is 0 Å². The third kappa shape index (κ3) is 2.32. The molecule has 0 bridgehead atoms. The molecule has 0 aliphatic rings. The van der Waals surface area contributed by atoms with E-state index in [1.165, 1.54) is 20.1 Å². The smallest absolute Gasteiger partial charge is 0.169 e. The fourth-order valence-corrected chi connectivity index (χ4v) is 1.59. The number of rotatable bonds is 3. The van der Waals surface area contributed by atoms with Gasteiger partial charge in [0.15, 0.2) is 11.6 Å². The molecule has 0 radical (unpaired) electrons. The lowest BCUT2D eigenvalue weighted by atomic mass is 10.1. The van der Waals surface area contributed by atoms with Crippen molar-refractivity contribution in [2.75, 3.05) is 7.11 Å². The summed E-state index contributed by atoms with van der Waals surface area (Å²) in [5.41, 5.74) is 0.344. The molecule has 0 aliphatic heterocycles. The molecule has 1 rings (SSSR count). The normalized spacial score (nSPS) is 10.0. The van der Waals surface area contributed by atoms with Gasteiger partial charge >= 0.3 is 0 Å². The van der Waals surface area contributed by atoms with Gasteiger partial charge in [-0.15, -0.1) is 0 Å². The maximum atomic E-state index is 13.6. The first kappa shape index (κ1) is 11.2. The maximum absolute atomic E-state index is 13.6. The van der Waals surface area contributed by atoms with Gasteiger partial charge in [-0.2, -0.15) is 0 Å². The summed E-state index contributed by atoms with van der Waals surface area (Å²) in [6, 6.07) is 3.18. The molecular formula is C10H10BrFO2. The highest BCUT2D eigenvalue weighted by atomic mass is 79.9. The van der Waals surface area contributed by atoms with Crippen molar-refractivity contribution in [3.8, 4) is 5.75 Å². The van der Waals surface area contributed by atoms with Crippen LogP contribution in [0.2, 0.25) is 0 Å². The van der Waals surface area contributed by atoms with Gasteiger partial charge in [-0.05, 0) is 19.1 Å². The number of methoxy groups -OCH3 is 1. The van der Waals surface area contributed by atoms with Crippen molar-refractivity contribution in [1.29, 1.82) is 0 Å². The van der Waals surface area contributed by atoms with Crippen LogP contribution in [-0.4, -0.2) is 12.9 Å². The minimum Gasteiger partial charge on any atom is -0.494 e. The largest absolute Gasteiger partial charge is 0.494 e. The molecule has 4 heteroatoms. The number of ether oxygens (including phenoxy) is 1. The average molecular weight is 261 g/mol. The number of hydrogen-bond acceptors (Lipinski definition) is 2. The van der Waals surface area contributed by atoms with Crippen LogP contribution in [0.25, 0.3) is 0 Å². The standard InChI is InChI=1S/C10H10BrFO2/c1-6(13)5-7-8(11)3-4-9(14-2)10(7)12/h3-4H,5H2,1-2H3. The van der Waals surface area contributed by atoms with Gasteiger partial charge in [0.2, 0.25) is 0 Å². The van der Waals surface area contributed by atoms with Crippen molar-refractivity contribution >= 4 is 21.7 Å². The third-order valence-electron chi connectivity index (χ3n) is 1.80. The van der Waals surface area contributed by atoms with Crippen LogP contribution < -0.4 is 4.74 Å². The van der Waals surface area contributed by atoms with Gasteiger partial charge in [0, 0.05) is 16.5 Å². The van der Waals surface area contributed by atoms with Gasteiger partial charge in [-0.3, -0.25) is 4.79 Å². The second kappa shape index (κ2) is 4.55. The van der Waals surface area contributed by atoms with Crippen LogP contribution in [-0.2, 0) is 11.2 Å². The van der Waals surface area contributed by atoms with Gasteiger partial charge in [-0.1, -0.05) is 15.9 Å². The van der Waals surface area contributed by atoms with E-state index in [0.29, 0.717) is 10.0 Å². The van der Waals surface area contributed by atoms with Gasteiger partial charge in [0.05, 0.1) is 7.11 Å². The molecule has 0 saturated carbocycles. The van der Waals surface area contributed by atoms with Crippen molar-refractivity contribution < 1.29 is 13.9 Å². The van der Waals surface area contributed by atoms with Gasteiger partial charge in [0.1, 0.15) is 5.78 Å². The molecule has 0 fully saturated rings. The van der Waals surface area contributed by atoms with E-state index in [1.807, 2.05) is 0 Å². The Balaban J connectivity index is 3.18. The minimum atomic E-state index is -0.475. The topological polar surface area (TPSA) is 26.3 Å². The van der Waals surface area contributed by atoms with E-state index in [9.17, 15) is 9.18 Å². The molecule has 1 aromatic rings. The molecule has 0 aromatic heterocycles. The first-order valence-electron chi connectivity index (χ1n) is 4.06. The van der Waals surface area contributed by atoms with Crippen LogP contribution in [0, 0.1) is 5.82 Å². The molecule has 1 aromatic carbocycles. The Bertz CT molecular complexity index is 363. The summed E-state index contributed by atoms with van der Waals surface area (Å²) in [7, 11) is 1.39. The summed E-state index contributed by atoms with van der Waals surface area (Å²) in [6.07, 6.45) is 0.0730. The summed E-state index contributed by atoms with van der Waals surface area (Å²) >= 11 is 3.19. The van der Waals surface area contributed by atoms with Crippen molar-refractivity contribution in [3.05, 3.63) is 28.0 Å². The molecule has 76 valence electrons. The predicted molar refractivity (Wildman–Crippen MR) is 55.0 cm³/mol. The van der Waals surface area contributed by atoms with E-state index >= 15 is 0 Å².